The van der Waals surface area contributed by atoms with Gasteiger partial charge in [0.05, 0.1) is 42.1 Å². The summed E-state index contributed by atoms with van der Waals surface area (Å²) in [5.41, 5.74) is 3.03. The summed E-state index contributed by atoms with van der Waals surface area (Å²) in [6.07, 6.45) is 6.90. The van der Waals surface area contributed by atoms with Gasteiger partial charge in [0, 0.05) is 50.4 Å². The molecule has 168 valence electrons. The highest BCUT2D eigenvalue weighted by Gasteiger charge is 2.16. The number of rotatable bonds is 5. The van der Waals surface area contributed by atoms with Crippen molar-refractivity contribution in [2.45, 2.75) is 6.92 Å². The molecule has 1 aliphatic rings. The molecule has 0 radical (unpaired) electrons. The Morgan fingerprint density at radius 3 is 2.67 bits per heavy atom. The van der Waals surface area contributed by atoms with Gasteiger partial charge in [0.2, 0.25) is 5.95 Å². The van der Waals surface area contributed by atoms with E-state index in [0.717, 1.165) is 11.3 Å². The summed E-state index contributed by atoms with van der Waals surface area (Å²) in [6, 6.07) is 7.19. The molecular formula is C23H23N7O3. The molecule has 1 N–H and O–H groups in total. The van der Waals surface area contributed by atoms with Crippen LogP contribution in [-0.2, 0) is 11.8 Å². The van der Waals surface area contributed by atoms with Gasteiger partial charge in [-0.05, 0) is 25.1 Å². The maximum Gasteiger partial charge on any atom is 0.261 e. The number of aromatic amines is 1. The standard InChI is InChI=1S/C23H23N7O3/c1-15-21(33-17-5-6-24-20(11-17)16-12-26-29(2)14-16)4-3-19(27-15)18-13-25-23(28-22(18)31)30-7-9-32-10-8-30/h3-6,11-14H,7-10H2,1-2H3,(H,25,28,31). The lowest BCUT2D eigenvalue weighted by Crippen LogP contribution is -2.38. The molecule has 10 nitrogen and oxygen atoms in total. The summed E-state index contributed by atoms with van der Waals surface area (Å²) in [4.78, 5) is 31.0. The molecule has 4 aromatic rings. The van der Waals surface area contributed by atoms with E-state index in [1.54, 1.807) is 41.5 Å². The Bertz CT molecular complexity index is 1340. The van der Waals surface area contributed by atoms with E-state index < -0.39 is 0 Å². The van der Waals surface area contributed by atoms with E-state index in [4.69, 9.17) is 9.47 Å². The Balaban J connectivity index is 1.36. The molecule has 0 aromatic carbocycles. The highest BCUT2D eigenvalue weighted by molar-refractivity contribution is 5.60. The first kappa shape index (κ1) is 20.8. The van der Waals surface area contributed by atoms with E-state index in [2.05, 4.69) is 25.0 Å². The van der Waals surface area contributed by atoms with E-state index >= 15 is 0 Å². The van der Waals surface area contributed by atoms with Crippen LogP contribution in [0.15, 0.2) is 53.8 Å². The zero-order valence-electron chi connectivity index (χ0n) is 18.4. The highest BCUT2D eigenvalue weighted by Crippen LogP contribution is 2.28. The van der Waals surface area contributed by atoms with Crippen molar-refractivity contribution in [2.75, 3.05) is 31.2 Å². The fourth-order valence-electron chi connectivity index (χ4n) is 3.62. The quantitative estimate of drug-likeness (QED) is 0.499. The van der Waals surface area contributed by atoms with Crippen LogP contribution in [0.1, 0.15) is 5.69 Å². The molecular weight excluding hydrogens is 422 g/mol. The number of hydrogen-bond acceptors (Lipinski definition) is 8. The summed E-state index contributed by atoms with van der Waals surface area (Å²) >= 11 is 0. The second kappa shape index (κ2) is 8.83. The van der Waals surface area contributed by atoms with Crippen LogP contribution in [0.5, 0.6) is 11.5 Å². The number of aryl methyl sites for hydroxylation is 2. The van der Waals surface area contributed by atoms with Gasteiger partial charge in [-0.25, -0.2) is 9.97 Å². The number of nitrogens with zero attached hydrogens (tertiary/aromatic N) is 6. The Labute approximate surface area is 189 Å². The normalized spacial score (nSPS) is 13.8. The minimum absolute atomic E-state index is 0.234. The molecule has 0 amide bonds. The number of pyridine rings is 2. The lowest BCUT2D eigenvalue weighted by molar-refractivity contribution is 0.122. The Morgan fingerprint density at radius 1 is 1.09 bits per heavy atom. The first-order valence-corrected chi connectivity index (χ1v) is 10.6. The van der Waals surface area contributed by atoms with E-state index in [-0.39, 0.29) is 5.56 Å². The zero-order valence-corrected chi connectivity index (χ0v) is 18.4. The minimum Gasteiger partial charge on any atom is -0.455 e. The van der Waals surface area contributed by atoms with Crippen molar-refractivity contribution in [3.8, 4) is 34.0 Å². The van der Waals surface area contributed by atoms with Gasteiger partial charge in [0.25, 0.3) is 5.56 Å². The molecule has 1 fully saturated rings. The second-order valence-electron chi connectivity index (χ2n) is 7.71. The number of hydrogen-bond donors (Lipinski definition) is 1. The Hall–Kier alpha value is -4.05. The smallest absolute Gasteiger partial charge is 0.261 e. The minimum atomic E-state index is -0.234. The van der Waals surface area contributed by atoms with Crippen LogP contribution in [-0.4, -0.2) is 56.0 Å². The van der Waals surface area contributed by atoms with Gasteiger partial charge in [-0.3, -0.25) is 19.4 Å². The molecule has 0 atom stereocenters. The van der Waals surface area contributed by atoms with Gasteiger partial charge in [-0.1, -0.05) is 0 Å². The lowest BCUT2D eigenvalue weighted by Gasteiger charge is -2.27. The van der Waals surface area contributed by atoms with Crippen LogP contribution in [0, 0.1) is 6.92 Å². The van der Waals surface area contributed by atoms with E-state index in [0.29, 0.717) is 60.7 Å². The van der Waals surface area contributed by atoms with Crippen LogP contribution in [0.2, 0.25) is 0 Å². The van der Waals surface area contributed by atoms with Crippen molar-refractivity contribution in [1.82, 2.24) is 29.7 Å². The van der Waals surface area contributed by atoms with Gasteiger partial charge in [0.1, 0.15) is 11.5 Å². The molecule has 33 heavy (non-hydrogen) atoms. The molecule has 1 aliphatic heterocycles. The monoisotopic (exact) mass is 445 g/mol. The third-order valence-corrected chi connectivity index (χ3v) is 5.37. The summed E-state index contributed by atoms with van der Waals surface area (Å²) in [7, 11) is 1.86. The second-order valence-corrected chi connectivity index (χ2v) is 7.71. The van der Waals surface area contributed by atoms with Gasteiger partial charge in [0.15, 0.2) is 0 Å². The SMILES string of the molecule is Cc1nc(-c2cnc(N3CCOCC3)[nH]c2=O)ccc1Oc1ccnc(-c2cnn(C)c2)c1. The van der Waals surface area contributed by atoms with Gasteiger partial charge < -0.3 is 14.4 Å². The fraction of sp³-hybridized carbons (Fsp3) is 0.261. The number of morpholine rings is 1. The topological polar surface area (TPSA) is 111 Å². The van der Waals surface area contributed by atoms with Gasteiger partial charge >= 0.3 is 0 Å². The van der Waals surface area contributed by atoms with Gasteiger partial charge in [-0.2, -0.15) is 5.10 Å². The van der Waals surface area contributed by atoms with E-state index in [1.807, 2.05) is 31.1 Å². The number of aromatic nitrogens is 6. The molecule has 4 aromatic heterocycles. The van der Waals surface area contributed by atoms with Crippen molar-refractivity contribution >= 4 is 5.95 Å². The molecule has 0 saturated carbocycles. The van der Waals surface area contributed by atoms with Crippen LogP contribution in [0.25, 0.3) is 22.5 Å². The van der Waals surface area contributed by atoms with Crippen LogP contribution in [0.3, 0.4) is 0 Å². The number of ether oxygens (including phenoxy) is 2. The van der Waals surface area contributed by atoms with Crippen molar-refractivity contribution in [3.63, 3.8) is 0 Å². The fourth-order valence-corrected chi connectivity index (χ4v) is 3.62. The average Bonchev–Trinajstić information content (AvgIpc) is 3.27. The molecule has 10 heteroatoms. The maximum absolute atomic E-state index is 12.7. The summed E-state index contributed by atoms with van der Waals surface area (Å²) in [5, 5.41) is 4.18. The Morgan fingerprint density at radius 2 is 1.94 bits per heavy atom. The first-order valence-electron chi connectivity index (χ1n) is 10.6. The Kier molecular flexibility index (Phi) is 5.57. The van der Waals surface area contributed by atoms with Crippen molar-refractivity contribution in [2.24, 2.45) is 7.05 Å². The largest absolute Gasteiger partial charge is 0.455 e. The predicted molar refractivity (Wildman–Crippen MR) is 122 cm³/mol. The van der Waals surface area contributed by atoms with E-state index in [9.17, 15) is 4.79 Å². The lowest BCUT2D eigenvalue weighted by atomic mass is 10.2. The number of H-pyrrole nitrogens is 1. The molecule has 0 aliphatic carbocycles. The third kappa shape index (κ3) is 4.46. The molecule has 1 saturated heterocycles. The summed E-state index contributed by atoms with van der Waals surface area (Å²) in [5.74, 6) is 1.78. The number of anilines is 1. The zero-order chi connectivity index (χ0) is 22.8. The first-order chi connectivity index (χ1) is 16.1. The summed E-state index contributed by atoms with van der Waals surface area (Å²) in [6.45, 7) is 4.47. The maximum atomic E-state index is 12.7. The summed E-state index contributed by atoms with van der Waals surface area (Å²) < 4.78 is 13.1. The van der Waals surface area contributed by atoms with Crippen LogP contribution < -0.4 is 15.2 Å². The average molecular weight is 445 g/mol. The molecule has 0 spiro atoms. The number of nitrogens with one attached hydrogen (secondary N) is 1. The van der Waals surface area contributed by atoms with Crippen molar-refractivity contribution < 1.29 is 9.47 Å². The van der Waals surface area contributed by atoms with Crippen LogP contribution in [0.4, 0.5) is 5.95 Å². The third-order valence-electron chi connectivity index (χ3n) is 5.37. The molecule has 5 rings (SSSR count). The van der Waals surface area contributed by atoms with Crippen LogP contribution >= 0.6 is 0 Å². The van der Waals surface area contributed by atoms with E-state index in [1.165, 1.54) is 0 Å². The highest BCUT2D eigenvalue weighted by atomic mass is 16.5. The molecule has 5 heterocycles. The van der Waals surface area contributed by atoms with Crippen molar-refractivity contribution in [3.05, 3.63) is 65.1 Å². The molecule has 0 unspecified atom stereocenters. The molecule has 0 bridgehead atoms. The van der Waals surface area contributed by atoms with Gasteiger partial charge in [-0.15, -0.1) is 0 Å². The van der Waals surface area contributed by atoms with Crippen molar-refractivity contribution in [1.29, 1.82) is 0 Å². The predicted octanol–water partition coefficient (Wildman–Crippen LogP) is 2.56.